The highest BCUT2D eigenvalue weighted by molar-refractivity contribution is 8.33. The summed E-state index contributed by atoms with van der Waals surface area (Å²) in [5, 5.41) is 10.4. The van der Waals surface area contributed by atoms with Crippen LogP contribution in [-0.2, 0) is 0 Å². The summed E-state index contributed by atoms with van der Waals surface area (Å²) in [6, 6.07) is 50.2. The number of fused-ring (bicyclic) bond motifs is 8. The summed E-state index contributed by atoms with van der Waals surface area (Å²) in [7, 11) is -1.29. The van der Waals surface area contributed by atoms with Crippen molar-refractivity contribution >= 4 is 65.3 Å². The predicted octanol–water partition coefficient (Wildman–Crippen LogP) is 13.8. The second-order valence-electron chi connectivity index (χ2n) is 13.3. The molecule has 8 aromatic carbocycles. The Morgan fingerprint density at radius 2 is 1.10 bits per heavy atom. The van der Waals surface area contributed by atoms with Crippen molar-refractivity contribution < 1.29 is 0 Å². The van der Waals surface area contributed by atoms with E-state index in [1.807, 2.05) is 6.08 Å². The van der Waals surface area contributed by atoms with Crippen molar-refractivity contribution in [2.75, 3.05) is 12.5 Å². The topological polar surface area (TPSA) is 0 Å². The molecule has 8 aromatic rings. The maximum absolute atomic E-state index is 4.11. The smallest absolute Gasteiger partial charge is 0.00942 e. The lowest BCUT2D eigenvalue weighted by molar-refractivity contribution is 1.50. The summed E-state index contributed by atoms with van der Waals surface area (Å²) >= 11 is 0. The molecule has 0 amide bonds. The number of benzene rings is 8. The molecule has 48 heavy (non-hydrogen) atoms. The Labute approximate surface area is 284 Å². The Hall–Kier alpha value is -5.37. The highest BCUT2D eigenvalue weighted by Crippen LogP contribution is 2.70. The maximum Gasteiger partial charge on any atom is 0.00942 e. The largest absolute Gasteiger partial charge is 0.192 e. The van der Waals surface area contributed by atoms with E-state index in [9.17, 15) is 0 Å². The molecule has 1 heterocycles. The fraction of sp³-hybridized carbons (Fsp3) is 0.0638. The minimum Gasteiger partial charge on any atom is -0.192 e. The maximum atomic E-state index is 4.11. The van der Waals surface area contributed by atoms with Gasteiger partial charge in [0.2, 0.25) is 0 Å². The Balaban J connectivity index is 1.46. The standard InChI is InChI=1S/C47H36S/c1-5-13-33-26-35(22-20-30(33)6-2)45-38-18-11-12-19-39(38)46(36-23-21-31-14-7-8-16-34(31)27-36)43-29-44-41(28-42(43)45)40-25-24-32-15-9-10-17-37(32)47(40)48(44,3)4/h5-29H,2H2,1,3-4H3/b13-5-. The van der Waals surface area contributed by atoms with E-state index in [4.69, 9.17) is 0 Å². The van der Waals surface area contributed by atoms with Crippen molar-refractivity contribution in [3.8, 4) is 33.4 Å². The SMILES string of the molecule is C=Cc1ccc(-c2c3ccccc3c(-c3ccc4ccccc4c3)c3cc4c(cc23)-c2ccc3ccccc3c2S4(C)C)cc1/C=C\C. The van der Waals surface area contributed by atoms with Gasteiger partial charge in [-0.15, -0.1) is 0 Å². The first kappa shape index (κ1) is 28.8. The van der Waals surface area contributed by atoms with Gasteiger partial charge < -0.3 is 0 Å². The van der Waals surface area contributed by atoms with Crippen LogP contribution in [0.3, 0.4) is 0 Å². The molecule has 0 aromatic heterocycles. The van der Waals surface area contributed by atoms with E-state index in [0.717, 1.165) is 5.56 Å². The minimum absolute atomic E-state index is 1.14. The second-order valence-corrected chi connectivity index (χ2v) is 16.8. The molecule has 0 saturated heterocycles. The molecule has 230 valence electrons. The van der Waals surface area contributed by atoms with Gasteiger partial charge in [0.15, 0.2) is 0 Å². The van der Waals surface area contributed by atoms with Crippen LogP contribution in [-0.4, -0.2) is 12.5 Å². The molecule has 0 radical (unpaired) electrons. The average molecular weight is 633 g/mol. The lowest BCUT2D eigenvalue weighted by Crippen LogP contribution is -1.96. The molecule has 0 spiro atoms. The van der Waals surface area contributed by atoms with Gasteiger partial charge in [-0.05, 0) is 131 Å². The third kappa shape index (κ3) is 4.17. The van der Waals surface area contributed by atoms with Crippen LogP contribution in [0.15, 0.2) is 156 Å². The van der Waals surface area contributed by atoms with Gasteiger partial charge in [0.05, 0.1) is 0 Å². The Morgan fingerprint density at radius 1 is 0.500 bits per heavy atom. The second kappa shape index (κ2) is 10.8. The zero-order valence-electron chi connectivity index (χ0n) is 27.5. The van der Waals surface area contributed by atoms with Crippen molar-refractivity contribution in [1.82, 2.24) is 0 Å². The van der Waals surface area contributed by atoms with E-state index in [0.29, 0.717) is 0 Å². The lowest BCUT2D eigenvalue weighted by atomic mass is 9.84. The molecule has 0 nitrogen and oxygen atoms in total. The van der Waals surface area contributed by atoms with Crippen molar-refractivity contribution in [1.29, 1.82) is 0 Å². The highest BCUT2D eigenvalue weighted by atomic mass is 32.3. The molecule has 0 saturated carbocycles. The van der Waals surface area contributed by atoms with Gasteiger partial charge >= 0.3 is 0 Å². The number of hydrogen-bond donors (Lipinski definition) is 0. The van der Waals surface area contributed by atoms with Crippen LogP contribution in [0.2, 0.25) is 0 Å². The van der Waals surface area contributed by atoms with E-state index in [1.165, 1.54) is 91.8 Å². The molecule has 0 N–H and O–H groups in total. The van der Waals surface area contributed by atoms with Crippen LogP contribution in [0, 0.1) is 0 Å². The molecular formula is C47H36S. The molecule has 1 heteroatoms. The fourth-order valence-electron chi connectivity index (χ4n) is 8.16. The zero-order chi connectivity index (χ0) is 32.6. The summed E-state index contributed by atoms with van der Waals surface area (Å²) in [4.78, 5) is 2.98. The van der Waals surface area contributed by atoms with Crippen LogP contribution >= 0.6 is 10.0 Å². The van der Waals surface area contributed by atoms with Crippen LogP contribution in [0.5, 0.6) is 0 Å². The minimum atomic E-state index is -1.29. The molecule has 1 aliphatic rings. The fourth-order valence-corrected chi connectivity index (χ4v) is 11.0. The summed E-state index contributed by atoms with van der Waals surface area (Å²) < 4.78 is 0. The first-order valence-corrected chi connectivity index (χ1v) is 19.1. The first-order chi connectivity index (χ1) is 23.5. The molecule has 0 atom stereocenters. The van der Waals surface area contributed by atoms with Crippen LogP contribution in [0.25, 0.3) is 88.6 Å². The average Bonchev–Trinajstić information content (AvgIpc) is 3.35. The van der Waals surface area contributed by atoms with Gasteiger partial charge in [-0.25, -0.2) is 0 Å². The van der Waals surface area contributed by atoms with Crippen LogP contribution < -0.4 is 0 Å². The van der Waals surface area contributed by atoms with Crippen LogP contribution in [0.1, 0.15) is 18.1 Å². The number of rotatable bonds is 4. The highest BCUT2D eigenvalue weighted by Gasteiger charge is 2.34. The third-order valence-corrected chi connectivity index (χ3v) is 13.2. The molecule has 0 unspecified atom stereocenters. The van der Waals surface area contributed by atoms with Crippen molar-refractivity contribution in [2.24, 2.45) is 0 Å². The predicted molar refractivity (Wildman–Crippen MR) is 214 cm³/mol. The quantitative estimate of drug-likeness (QED) is 0.169. The molecular weight excluding hydrogens is 597 g/mol. The Bertz CT molecular complexity index is 2670. The molecule has 0 bridgehead atoms. The summed E-state index contributed by atoms with van der Waals surface area (Å²) in [6.45, 7) is 6.19. The van der Waals surface area contributed by atoms with Gasteiger partial charge in [0.25, 0.3) is 0 Å². The van der Waals surface area contributed by atoms with E-state index >= 15 is 0 Å². The van der Waals surface area contributed by atoms with Gasteiger partial charge in [-0.1, -0.05) is 134 Å². The van der Waals surface area contributed by atoms with Crippen molar-refractivity contribution in [3.63, 3.8) is 0 Å². The molecule has 0 fully saturated rings. The normalized spacial score (nSPS) is 14.1. The zero-order valence-corrected chi connectivity index (χ0v) is 28.4. The Kier molecular flexibility index (Phi) is 6.51. The molecule has 1 aliphatic heterocycles. The molecule has 9 rings (SSSR count). The van der Waals surface area contributed by atoms with Gasteiger partial charge in [0.1, 0.15) is 0 Å². The van der Waals surface area contributed by atoms with Crippen molar-refractivity contribution in [2.45, 2.75) is 16.7 Å². The number of hydrogen-bond acceptors (Lipinski definition) is 0. The first-order valence-electron chi connectivity index (χ1n) is 16.6. The van der Waals surface area contributed by atoms with Gasteiger partial charge in [0, 0.05) is 9.79 Å². The van der Waals surface area contributed by atoms with Crippen molar-refractivity contribution in [3.05, 3.63) is 157 Å². The monoisotopic (exact) mass is 632 g/mol. The lowest BCUT2D eigenvalue weighted by Gasteiger charge is -2.30. The molecule has 0 aliphatic carbocycles. The van der Waals surface area contributed by atoms with E-state index in [2.05, 4.69) is 172 Å². The van der Waals surface area contributed by atoms with Crippen LogP contribution in [0.4, 0.5) is 0 Å². The van der Waals surface area contributed by atoms with E-state index in [-0.39, 0.29) is 0 Å². The van der Waals surface area contributed by atoms with E-state index < -0.39 is 10.0 Å². The Morgan fingerprint density at radius 3 is 1.83 bits per heavy atom. The van der Waals surface area contributed by atoms with Gasteiger partial charge in [-0.2, -0.15) is 10.0 Å². The van der Waals surface area contributed by atoms with E-state index in [1.54, 1.807) is 0 Å². The summed E-state index contributed by atoms with van der Waals surface area (Å²) in [5.41, 5.74) is 10.2. The summed E-state index contributed by atoms with van der Waals surface area (Å²) in [6.07, 6.45) is 11.2. The van der Waals surface area contributed by atoms with Gasteiger partial charge in [-0.3, -0.25) is 0 Å². The third-order valence-electron chi connectivity index (χ3n) is 10.3. The summed E-state index contributed by atoms with van der Waals surface area (Å²) in [5.74, 6) is 0. The number of allylic oxidation sites excluding steroid dienone is 1.